The smallest absolute Gasteiger partial charge is 0.310 e. The summed E-state index contributed by atoms with van der Waals surface area (Å²) in [4.78, 5) is 25.7. The van der Waals surface area contributed by atoms with Gasteiger partial charge in [0.05, 0.1) is 6.42 Å². The first-order valence-electron chi connectivity index (χ1n) is 7.45. The van der Waals surface area contributed by atoms with E-state index in [0.717, 1.165) is 23.2 Å². The van der Waals surface area contributed by atoms with Crippen molar-refractivity contribution in [3.8, 4) is 5.75 Å². The number of esters is 1. The number of carbonyl (C=O) groups is 2. The second kappa shape index (κ2) is 6.52. The van der Waals surface area contributed by atoms with Crippen LogP contribution in [0, 0.1) is 0 Å². The summed E-state index contributed by atoms with van der Waals surface area (Å²) in [6.07, 6.45) is 0.896. The Morgan fingerprint density at radius 3 is 2.61 bits per heavy atom. The Hall–Kier alpha value is -2.82. The van der Waals surface area contributed by atoms with E-state index in [1.54, 1.807) is 17.0 Å². The molecule has 0 atom stereocenters. The molecule has 2 aromatic carbocycles. The summed E-state index contributed by atoms with van der Waals surface area (Å²) in [5.74, 6) is -0.532. The predicted molar refractivity (Wildman–Crippen MR) is 85.3 cm³/mol. The molecule has 23 heavy (non-hydrogen) atoms. The van der Waals surface area contributed by atoms with Crippen molar-refractivity contribution in [1.82, 2.24) is 0 Å². The number of nitrogens with zero attached hydrogens (tertiary/aromatic N) is 1. The topological polar surface area (TPSA) is 66.8 Å². The van der Waals surface area contributed by atoms with Gasteiger partial charge in [-0.25, -0.2) is 0 Å². The first-order chi connectivity index (χ1) is 11.1. The number of hydrogen-bond donors (Lipinski definition) is 1. The number of anilines is 1. The summed E-state index contributed by atoms with van der Waals surface area (Å²) in [7, 11) is 0. The lowest BCUT2D eigenvalue weighted by Gasteiger charge is -2.17. The van der Waals surface area contributed by atoms with Crippen LogP contribution in [0.2, 0.25) is 0 Å². The van der Waals surface area contributed by atoms with Gasteiger partial charge in [0.1, 0.15) is 5.75 Å². The van der Waals surface area contributed by atoms with Gasteiger partial charge >= 0.3 is 5.97 Å². The van der Waals surface area contributed by atoms with Gasteiger partial charge < -0.3 is 14.7 Å². The highest BCUT2D eigenvalue weighted by atomic mass is 16.5. The number of benzene rings is 2. The third kappa shape index (κ3) is 3.51. The average molecular weight is 311 g/mol. The zero-order valence-corrected chi connectivity index (χ0v) is 12.6. The molecule has 1 aliphatic rings. The van der Waals surface area contributed by atoms with Crippen LogP contribution in [-0.2, 0) is 27.2 Å². The lowest BCUT2D eigenvalue weighted by Crippen LogP contribution is -2.33. The number of hydrogen-bond acceptors (Lipinski definition) is 4. The Kier molecular flexibility index (Phi) is 4.28. The molecule has 0 saturated carbocycles. The molecule has 5 nitrogen and oxygen atoms in total. The van der Waals surface area contributed by atoms with Gasteiger partial charge in [-0.1, -0.05) is 30.3 Å². The SMILES string of the molecule is O=C(Cc1ccc(O)cc1)OCC(=O)N1CCc2ccccc21. The van der Waals surface area contributed by atoms with Crippen molar-refractivity contribution in [3.05, 3.63) is 59.7 Å². The van der Waals surface area contributed by atoms with Crippen molar-refractivity contribution >= 4 is 17.6 Å². The van der Waals surface area contributed by atoms with Crippen molar-refractivity contribution < 1.29 is 19.4 Å². The molecule has 1 aliphatic heterocycles. The van der Waals surface area contributed by atoms with E-state index in [0.29, 0.717) is 6.54 Å². The number of carbonyl (C=O) groups excluding carboxylic acids is 2. The summed E-state index contributed by atoms with van der Waals surface area (Å²) in [6.45, 7) is 0.360. The van der Waals surface area contributed by atoms with Gasteiger partial charge in [0.2, 0.25) is 0 Å². The summed E-state index contributed by atoms with van der Waals surface area (Å²) in [5.41, 5.74) is 2.76. The fraction of sp³-hybridized carbons (Fsp3) is 0.222. The molecule has 0 spiro atoms. The minimum absolute atomic E-state index is 0.0736. The quantitative estimate of drug-likeness (QED) is 0.878. The maximum Gasteiger partial charge on any atom is 0.310 e. The standard InChI is InChI=1S/C18H17NO4/c20-15-7-5-13(6-8-15)11-18(22)23-12-17(21)19-10-9-14-3-1-2-4-16(14)19/h1-8,20H,9-12H2. The number of phenolic OH excluding ortho intramolecular Hbond substituents is 1. The molecular formula is C18H17NO4. The van der Waals surface area contributed by atoms with Gasteiger partial charge in [-0.2, -0.15) is 0 Å². The third-order valence-corrected chi connectivity index (χ3v) is 3.83. The van der Waals surface area contributed by atoms with Crippen LogP contribution in [0.15, 0.2) is 48.5 Å². The number of ether oxygens (including phenoxy) is 1. The molecule has 0 bridgehead atoms. The van der Waals surface area contributed by atoms with Crippen molar-refractivity contribution in [1.29, 1.82) is 0 Å². The Balaban J connectivity index is 1.53. The summed E-state index contributed by atoms with van der Waals surface area (Å²) < 4.78 is 5.07. The molecular weight excluding hydrogens is 294 g/mol. The molecule has 0 fully saturated rings. The first-order valence-corrected chi connectivity index (χ1v) is 7.45. The van der Waals surface area contributed by atoms with Gasteiger partial charge in [-0.15, -0.1) is 0 Å². The highest BCUT2D eigenvalue weighted by molar-refractivity contribution is 5.97. The van der Waals surface area contributed by atoms with Crippen LogP contribution in [0.4, 0.5) is 5.69 Å². The van der Waals surface area contributed by atoms with Crippen LogP contribution in [-0.4, -0.2) is 30.1 Å². The number of rotatable bonds is 4. The van der Waals surface area contributed by atoms with Gasteiger partial charge in [-0.3, -0.25) is 9.59 Å². The van der Waals surface area contributed by atoms with Crippen LogP contribution in [0.3, 0.4) is 0 Å². The normalized spacial score (nSPS) is 12.8. The molecule has 1 heterocycles. The lowest BCUT2D eigenvalue weighted by atomic mass is 10.1. The van der Waals surface area contributed by atoms with E-state index in [9.17, 15) is 14.7 Å². The monoisotopic (exact) mass is 311 g/mol. The van der Waals surface area contributed by atoms with Crippen molar-refractivity contribution in [3.63, 3.8) is 0 Å². The first kappa shape index (κ1) is 15.1. The summed E-state index contributed by atoms with van der Waals surface area (Å²) >= 11 is 0. The lowest BCUT2D eigenvalue weighted by molar-refractivity contribution is -0.147. The van der Waals surface area contributed by atoms with E-state index in [-0.39, 0.29) is 24.7 Å². The fourth-order valence-electron chi connectivity index (χ4n) is 2.65. The van der Waals surface area contributed by atoms with E-state index < -0.39 is 5.97 Å². The van der Waals surface area contributed by atoms with E-state index in [1.165, 1.54) is 12.1 Å². The largest absolute Gasteiger partial charge is 0.508 e. The molecule has 3 rings (SSSR count). The number of para-hydroxylation sites is 1. The maximum atomic E-state index is 12.2. The Bertz CT molecular complexity index is 724. The van der Waals surface area contributed by atoms with Crippen LogP contribution >= 0.6 is 0 Å². The molecule has 1 N–H and O–H groups in total. The molecule has 0 aliphatic carbocycles. The molecule has 5 heteroatoms. The number of phenols is 1. The summed E-state index contributed by atoms with van der Waals surface area (Å²) in [6, 6.07) is 14.1. The molecule has 0 radical (unpaired) electrons. The van der Waals surface area contributed by atoms with Crippen molar-refractivity contribution in [2.45, 2.75) is 12.8 Å². The van der Waals surface area contributed by atoms with Crippen LogP contribution < -0.4 is 4.90 Å². The Labute approximate surface area is 134 Å². The van der Waals surface area contributed by atoms with Crippen LogP contribution in [0.5, 0.6) is 5.75 Å². The fourth-order valence-corrected chi connectivity index (χ4v) is 2.65. The van der Waals surface area contributed by atoms with E-state index in [1.807, 2.05) is 24.3 Å². The summed E-state index contributed by atoms with van der Waals surface area (Å²) in [5, 5.41) is 9.20. The Morgan fingerprint density at radius 2 is 1.83 bits per heavy atom. The average Bonchev–Trinajstić information content (AvgIpc) is 2.99. The predicted octanol–water partition coefficient (Wildman–Crippen LogP) is 2.07. The Morgan fingerprint density at radius 1 is 1.09 bits per heavy atom. The number of amides is 1. The minimum atomic E-state index is -0.462. The van der Waals surface area contributed by atoms with Crippen LogP contribution in [0.25, 0.3) is 0 Å². The van der Waals surface area contributed by atoms with Crippen molar-refractivity contribution in [2.24, 2.45) is 0 Å². The van der Waals surface area contributed by atoms with Gasteiger partial charge in [0, 0.05) is 12.2 Å². The highest BCUT2D eigenvalue weighted by Gasteiger charge is 2.24. The van der Waals surface area contributed by atoms with Gasteiger partial charge in [-0.05, 0) is 35.7 Å². The van der Waals surface area contributed by atoms with E-state index >= 15 is 0 Å². The zero-order valence-electron chi connectivity index (χ0n) is 12.6. The zero-order chi connectivity index (χ0) is 16.2. The van der Waals surface area contributed by atoms with E-state index in [4.69, 9.17) is 4.74 Å². The molecule has 0 unspecified atom stereocenters. The second-order valence-electron chi connectivity index (χ2n) is 5.43. The number of aromatic hydroxyl groups is 1. The maximum absolute atomic E-state index is 12.2. The molecule has 118 valence electrons. The van der Waals surface area contributed by atoms with Gasteiger partial charge in [0.25, 0.3) is 5.91 Å². The molecule has 1 amide bonds. The molecule has 0 saturated heterocycles. The second-order valence-corrected chi connectivity index (χ2v) is 5.43. The van der Waals surface area contributed by atoms with Crippen molar-refractivity contribution in [2.75, 3.05) is 18.1 Å². The molecule has 2 aromatic rings. The van der Waals surface area contributed by atoms with E-state index in [2.05, 4.69) is 0 Å². The highest BCUT2D eigenvalue weighted by Crippen LogP contribution is 2.27. The molecule has 0 aromatic heterocycles. The minimum Gasteiger partial charge on any atom is -0.508 e. The number of fused-ring (bicyclic) bond motifs is 1. The van der Waals surface area contributed by atoms with Crippen LogP contribution in [0.1, 0.15) is 11.1 Å². The third-order valence-electron chi connectivity index (χ3n) is 3.83. The van der Waals surface area contributed by atoms with Gasteiger partial charge in [0.15, 0.2) is 6.61 Å².